The molecule has 0 saturated carbocycles. The van der Waals surface area contributed by atoms with Crippen molar-refractivity contribution in [2.24, 2.45) is 0 Å². The largest absolute Gasteiger partial charge is 0.463 e. The van der Waals surface area contributed by atoms with Gasteiger partial charge in [-0.05, 0) is 19.3 Å². The number of carbonyl (C=O) groups excluding carboxylic acids is 1. The summed E-state index contributed by atoms with van der Waals surface area (Å²) in [4.78, 5) is 11.8. The minimum Gasteiger partial charge on any atom is -0.463 e. The fourth-order valence-corrected chi connectivity index (χ4v) is 4.40. The van der Waals surface area contributed by atoms with E-state index in [1.54, 1.807) is 0 Å². The van der Waals surface area contributed by atoms with E-state index in [9.17, 15) is 4.79 Å². The van der Waals surface area contributed by atoms with E-state index in [-0.39, 0.29) is 5.97 Å². The van der Waals surface area contributed by atoms with E-state index in [2.05, 4.69) is 6.92 Å². The maximum absolute atomic E-state index is 11.8. The van der Waals surface area contributed by atoms with Crippen LogP contribution in [0.25, 0.3) is 0 Å². The molecule has 0 aliphatic carbocycles. The van der Waals surface area contributed by atoms with E-state index in [0.717, 1.165) is 38.2 Å². The second kappa shape index (κ2) is 36.6. The zero-order valence-electron chi connectivity index (χ0n) is 25.9. The summed E-state index contributed by atoms with van der Waals surface area (Å²) in [7, 11) is 0. The van der Waals surface area contributed by atoms with Gasteiger partial charge in [0, 0.05) is 18.9 Å². The fourth-order valence-electron chi connectivity index (χ4n) is 4.21. The van der Waals surface area contributed by atoms with Gasteiger partial charge in [0.25, 0.3) is 0 Å². The van der Waals surface area contributed by atoms with Gasteiger partial charge in [0.15, 0.2) is 0 Å². The Morgan fingerprint density at radius 3 is 1.23 bits per heavy atom. The molecule has 0 saturated heterocycles. The normalized spacial score (nSPS) is 11.3. The first-order valence-electron chi connectivity index (χ1n) is 16.4. The Hall–Kier alpha value is -0.440. The molecule has 0 unspecified atom stereocenters. The third-order valence-corrected chi connectivity index (χ3v) is 6.90. The van der Waals surface area contributed by atoms with Crippen LogP contribution in [0.4, 0.5) is 0 Å². The van der Waals surface area contributed by atoms with Gasteiger partial charge in [-0.25, -0.2) is 0 Å². The summed E-state index contributed by atoms with van der Waals surface area (Å²) in [6.45, 7) is 8.09. The Kier molecular flexibility index (Phi) is 36.2. The Morgan fingerprint density at radius 2 is 0.775 bits per heavy atom. The molecular formula is C32H63ClO7. The predicted molar refractivity (Wildman–Crippen MR) is 165 cm³/mol. The van der Waals surface area contributed by atoms with Crippen molar-refractivity contribution in [1.82, 2.24) is 0 Å². The van der Waals surface area contributed by atoms with Crippen LogP contribution < -0.4 is 0 Å². The molecule has 0 fully saturated rings. The van der Waals surface area contributed by atoms with Crippen LogP contribution in [0, 0.1) is 0 Å². The molecule has 0 aliphatic heterocycles. The van der Waals surface area contributed by atoms with Crippen LogP contribution in [0.2, 0.25) is 0 Å². The Bertz CT molecular complexity index is 482. The molecule has 40 heavy (non-hydrogen) atoms. The van der Waals surface area contributed by atoms with Crippen molar-refractivity contribution < 1.29 is 33.2 Å². The van der Waals surface area contributed by atoms with E-state index < -0.39 is 0 Å². The number of ether oxygens (including phenoxy) is 6. The average molecular weight is 595 g/mol. The summed E-state index contributed by atoms with van der Waals surface area (Å²) < 4.78 is 32.6. The summed E-state index contributed by atoms with van der Waals surface area (Å²) in [5.41, 5.74) is 0. The lowest BCUT2D eigenvalue weighted by atomic mass is 10.0. The topological polar surface area (TPSA) is 72.5 Å². The van der Waals surface area contributed by atoms with Gasteiger partial charge in [0.05, 0.1) is 59.5 Å². The van der Waals surface area contributed by atoms with Gasteiger partial charge in [0.1, 0.15) is 6.61 Å². The summed E-state index contributed by atoms with van der Waals surface area (Å²) >= 11 is 5.65. The van der Waals surface area contributed by atoms with Gasteiger partial charge in [-0.3, -0.25) is 4.79 Å². The maximum atomic E-state index is 11.8. The van der Waals surface area contributed by atoms with Crippen molar-refractivity contribution in [3.63, 3.8) is 0 Å². The van der Waals surface area contributed by atoms with E-state index in [1.807, 2.05) is 0 Å². The lowest BCUT2D eigenvalue weighted by Gasteiger charge is -2.08. The van der Waals surface area contributed by atoms with Gasteiger partial charge in [-0.15, -0.1) is 11.6 Å². The summed E-state index contributed by atoms with van der Waals surface area (Å²) in [6.07, 6.45) is 22.0. The Balaban J connectivity index is 3.13. The third kappa shape index (κ3) is 35.6. The van der Waals surface area contributed by atoms with E-state index in [4.69, 9.17) is 40.0 Å². The molecule has 7 nitrogen and oxygen atoms in total. The molecule has 0 atom stereocenters. The molecule has 0 radical (unpaired) electrons. The monoisotopic (exact) mass is 594 g/mol. The van der Waals surface area contributed by atoms with Gasteiger partial charge in [-0.2, -0.15) is 0 Å². The number of halogens is 1. The zero-order valence-corrected chi connectivity index (χ0v) is 26.7. The van der Waals surface area contributed by atoms with Crippen molar-refractivity contribution in [3.8, 4) is 0 Å². The highest BCUT2D eigenvalue weighted by atomic mass is 35.5. The highest BCUT2D eigenvalue weighted by molar-refractivity contribution is 6.17. The van der Waals surface area contributed by atoms with Crippen molar-refractivity contribution in [2.45, 2.75) is 122 Å². The first kappa shape index (κ1) is 39.6. The van der Waals surface area contributed by atoms with Crippen molar-refractivity contribution >= 4 is 17.6 Å². The molecule has 240 valence electrons. The first-order valence-corrected chi connectivity index (χ1v) is 16.9. The quantitative estimate of drug-likeness (QED) is 0.0419. The summed E-state index contributed by atoms with van der Waals surface area (Å²) in [6, 6.07) is 0. The molecular weight excluding hydrogens is 532 g/mol. The highest BCUT2D eigenvalue weighted by Crippen LogP contribution is 2.13. The van der Waals surface area contributed by atoms with E-state index >= 15 is 0 Å². The van der Waals surface area contributed by atoms with Crippen molar-refractivity contribution in [3.05, 3.63) is 0 Å². The summed E-state index contributed by atoms with van der Waals surface area (Å²) in [5.74, 6) is 0.627. The SMILES string of the molecule is CCCCCCCCCCCCCCCC(=O)OCCOCCOCCOCCOCCOCCCCCCCl. The second-order valence-electron chi connectivity index (χ2n) is 10.4. The standard InChI is InChI=1S/C32H63ClO7/c1-2-3-4-5-6-7-8-9-10-11-12-13-16-19-32(34)40-31-30-39-29-28-38-27-26-37-25-24-36-23-22-35-21-18-15-14-17-20-33/h2-31H2,1H3. The molecule has 0 aromatic heterocycles. The van der Waals surface area contributed by atoms with Crippen molar-refractivity contribution in [2.75, 3.05) is 78.6 Å². The number of hydrogen-bond donors (Lipinski definition) is 0. The first-order chi connectivity index (χ1) is 19.8. The van der Waals surface area contributed by atoms with Gasteiger partial charge in [0.2, 0.25) is 0 Å². The number of unbranched alkanes of at least 4 members (excludes halogenated alkanes) is 15. The lowest BCUT2D eigenvalue weighted by molar-refractivity contribution is -0.145. The smallest absolute Gasteiger partial charge is 0.305 e. The molecule has 0 rings (SSSR count). The molecule has 0 aromatic rings. The molecule has 0 amide bonds. The molecule has 0 aromatic carbocycles. The number of hydrogen-bond acceptors (Lipinski definition) is 7. The molecule has 0 heterocycles. The second-order valence-corrected chi connectivity index (χ2v) is 10.8. The Labute approximate surface area is 251 Å². The number of esters is 1. The summed E-state index contributed by atoms with van der Waals surface area (Å²) in [5, 5.41) is 0. The van der Waals surface area contributed by atoms with Crippen molar-refractivity contribution in [1.29, 1.82) is 0 Å². The Morgan fingerprint density at radius 1 is 0.425 bits per heavy atom. The third-order valence-electron chi connectivity index (χ3n) is 6.64. The lowest BCUT2D eigenvalue weighted by Crippen LogP contribution is -2.15. The predicted octanol–water partition coefficient (Wildman–Crippen LogP) is 7.89. The fraction of sp³-hybridized carbons (Fsp3) is 0.969. The van der Waals surface area contributed by atoms with Crippen LogP contribution in [-0.4, -0.2) is 84.5 Å². The van der Waals surface area contributed by atoms with Crippen LogP contribution in [0.15, 0.2) is 0 Å². The molecule has 0 N–H and O–H groups in total. The minimum absolute atomic E-state index is 0.120. The maximum Gasteiger partial charge on any atom is 0.305 e. The minimum atomic E-state index is -0.120. The van der Waals surface area contributed by atoms with Crippen LogP contribution >= 0.6 is 11.6 Å². The van der Waals surface area contributed by atoms with E-state index in [0.29, 0.717) is 72.5 Å². The van der Waals surface area contributed by atoms with Crippen LogP contribution in [0.5, 0.6) is 0 Å². The number of carbonyl (C=O) groups is 1. The van der Waals surface area contributed by atoms with Gasteiger partial charge in [-0.1, -0.05) is 96.8 Å². The number of alkyl halides is 1. The highest BCUT2D eigenvalue weighted by Gasteiger charge is 2.03. The zero-order chi connectivity index (χ0) is 29.0. The van der Waals surface area contributed by atoms with Crippen LogP contribution in [0.1, 0.15) is 122 Å². The number of rotatable bonds is 35. The molecule has 0 bridgehead atoms. The van der Waals surface area contributed by atoms with Crippen LogP contribution in [0.3, 0.4) is 0 Å². The molecule has 0 spiro atoms. The average Bonchev–Trinajstić information content (AvgIpc) is 2.96. The van der Waals surface area contributed by atoms with Crippen LogP contribution in [-0.2, 0) is 33.2 Å². The molecule has 8 heteroatoms. The van der Waals surface area contributed by atoms with Gasteiger partial charge >= 0.3 is 5.97 Å². The van der Waals surface area contributed by atoms with E-state index in [1.165, 1.54) is 83.5 Å². The van der Waals surface area contributed by atoms with Gasteiger partial charge < -0.3 is 28.4 Å². The molecule has 0 aliphatic rings.